The number of nitrogens with one attached hydrogen (secondary N) is 1. The number of aryl methyl sites for hydroxylation is 1. The van der Waals surface area contributed by atoms with Crippen LogP contribution >= 0.6 is 0 Å². The van der Waals surface area contributed by atoms with Crippen molar-refractivity contribution < 1.29 is 9.53 Å². The molecule has 0 radical (unpaired) electrons. The number of amides is 1. The molecule has 3 fully saturated rings. The minimum absolute atomic E-state index is 0.0525. The average Bonchev–Trinajstić information content (AvgIpc) is 2.98. The Bertz CT molecular complexity index is 602. The van der Waals surface area contributed by atoms with E-state index < -0.39 is 0 Å². The number of ether oxygens (including phenoxy) is 1. The molecule has 1 aromatic heterocycles. The molecule has 0 bridgehead atoms. The van der Waals surface area contributed by atoms with Gasteiger partial charge in [-0.25, -0.2) is 0 Å². The number of carbonyl (C=O) groups excluding carboxylic acids is 1. The largest absolute Gasteiger partial charge is 0.377 e. The summed E-state index contributed by atoms with van der Waals surface area (Å²) in [6.45, 7) is 5.33. The van der Waals surface area contributed by atoms with Crippen LogP contribution in [0.5, 0.6) is 0 Å². The van der Waals surface area contributed by atoms with Crippen molar-refractivity contribution in [3.63, 3.8) is 0 Å². The third-order valence-electron chi connectivity index (χ3n) is 5.79. The maximum atomic E-state index is 12.8. The average molecular weight is 329 g/mol. The summed E-state index contributed by atoms with van der Waals surface area (Å²) < 4.78 is 5.93. The van der Waals surface area contributed by atoms with Gasteiger partial charge in [-0.05, 0) is 44.7 Å². The van der Waals surface area contributed by atoms with Gasteiger partial charge in [0.1, 0.15) is 0 Å². The molecule has 0 aromatic carbocycles. The van der Waals surface area contributed by atoms with E-state index in [1.165, 1.54) is 6.42 Å². The summed E-state index contributed by atoms with van der Waals surface area (Å²) in [4.78, 5) is 19.7. The molecule has 0 spiro atoms. The first-order chi connectivity index (χ1) is 11.7. The number of pyridine rings is 1. The van der Waals surface area contributed by atoms with E-state index in [9.17, 15) is 4.79 Å². The third-order valence-corrected chi connectivity index (χ3v) is 5.79. The number of likely N-dealkylation sites (tertiary alicyclic amines) is 1. The summed E-state index contributed by atoms with van der Waals surface area (Å²) >= 11 is 0. The Balaban J connectivity index is 1.45. The minimum Gasteiger partial charge on any atom is -0.377 e. The van der Waals surface area contributed by atoms with Gasteiger partial charge in [0, 0.05) is 43.9 Å². The molecule has 4 rings (SSSR count). The van der Waals surface area contributed by atoms with Gasteiger partial charge in [0.05, 0.1) is 17.7 Å². The molecule has 1 saturated carbocycles. The van der Waals surface area contributed by atoms with Crippen molar-refractivity contribution in [1.82, 2.24) is 15.2 Å². The fourth-order valence-corrected chi connectivity index (χ4v) is 4.24. The van der Waals surface area contributed by atoms with Gasteiger partial charge >= 0.3 is 0 Å². The number of hydrogen-bond donors (Lipinski definition) is 1. The standard InChI is InChI=1S/C19H27N3O2/c1-13-4-2-7-15(20-13)10-22-11-17(16-8-9-24-18(16)12-22)19(23)21-14-5-3-6-14/h2,4,7,14,16-18H,3,5-6,8-12H2,1H3,(H,21,23)/t16-,17+,18+/m0/s1. The molecule has 3 heterocycles. The van der Waals surface area contributed by atoms with E-state index in [-0.39, 0.29) is 17.9 Å². The van der Waals surface area contributed by atoms with Crippen LogP contribution in [0.25, 0.3) is 0 Å². The second-order valence-corrected chi connectivity index (χ2v) is 7.57. The molecule has 1 aromatic rings. The highest BCUT2D eigenvalue weighted by atomic mass is 16.5. The van der Waals surface area contributed by atoms with E-state index in [2.05, 4.69) is 27.3 Å². The maximum Gasteiger partial charge on any atom is 0.225 e. The van der Waals surface area contributed by atoms with Crippen LogP contribution in [0.2, 0.25) is 0 Å². The predicted molar refractivity (Wildman–Crippen MR) is 91.4 cm³/mol. The Morgan fingerprint density at radius 2 is 2.21 bits per heavy atom. The molecule has 1 N–H and O–H groups in total. The van der Waals surface area contributed by atoms with Crippen molar-refractivity contribution in [1.29, 1.82) is 0 Å². The smallest absolute Gasteiger partial charge is 0.225 e. The van der Waals surface area contributed by atoms with Crippen LogP contribution in [0.15, 0.2) is 18.2 Å². The van der Waals surface area contributed by atoms with Gasteiger partial charge in [-0.3, -0.25) is 14.7 Å². The lowest BCUT2D eigenvalue weighted by molar-refractivity contribution is -0.132. The van der Waals surface area contributed by atoms with Crippen molar-refractivity contribution in [2.45, 2.75) is 51.3 Å². The molecule has 24 heavy (non-hydrogen) atoms. The molecule has 0 unspecified atom stereocenters. The molecule has 2 saturated heterocycles. The van der Waals surface area contributed by atoms with Gasteiger partial charge in [0.2, 0.25) is 5.91 Å². The number of hydrogen-bond acceptors (Lipinski definition) is 4. The molecular formula is C19H27N3O2. The van der Waals surface area contributed by atoms with Crippen molar-refractivity contribution in [3.05, 3.63) is 29.6 Å². The van der Waals surface area contributed by atoms with Crippen LogP contribution in [0.1, 0.15) is 37.1 Å². The Hall–Kier alpha value is -1.46. The summed E-state index contributed by atoms with van der Waals surface area (Å²) in [6.07, 6.45) is 4.74. The Labute approximate surface area is 143 Å². The van der Waals surface area contributed by atoms with Gasteiger partial charge in [-0.2, -0.15) is 0 Å². The molecule has 130 valence electrons. The Morgan fingerprint density at radius 3 is 2.96 bits per heavy atom. The number of nitrogens with zero attached hydrogens (tertiary/aromatic N) is 2. The third kappa shape index (κ3) is 3.33. The minimum atomic E-state index is 0.0525. The number of carbonyl (C=O) groups is 1. The van der Waals surface area contributed by atoms with E-state index in [1.54, 1.807) is 0 Å². The first-order valence-electron chi connectivity index (χ1n) is 9.26. The lowest BCUT2D eigenvalue weighted by atomic mass is 9.81. The van der Waals surface area contributed by atoms with Crippen LogP contribution in [0, 0.1) is 18.8 Å². The monoisotopic (exact) mass is 329 g/mol. The highest BCUT2D eigenvalue weighted by molar-refractivity contribution is 5.80. The zero-order chi connectivity index (χ0) is 16.5. The highest BCUT2D eigenvalue weighted by Gasteiger charge is 2.44. The molecule has 1 aliphatic carbocycles. The quantitative estimate of drug-likeness (QED) is 0.917. The first kappa shape index (κ1) is 16.0. The van der Waals surface area contributed by atoms with Crippen molar-refractivity contribution in [2.24, 2.45) is 11.8 Å². The number of rotatable bonds is 4. The van der Waals surface area contributed by atoms with Gasteiger partial charge in [0.25, 0.3) is 0 Å². The zero-order valence-electron chi connectivity index (χ0n) is 14.4. The molecular weight excluding hydrogens is 302 g/mol. The number of aromatic nitrogens is 1. The van der Waals surface area contributed by atoms with Gasteiger partial charge in [-0.1, -0.05) is 6.07 Å². The van der Waals surface area contributed by atoms with E-state index in [0.29, 0.717) is 12.0 Å². The lowest BCUT2D eigenvalue weighted by Crippen LogP contribution is -2.54. The van der Waals surface area contributed by atoms with E-state index >= 15 is 0 Å². The predicted octanol–water partition coefficient (Wildman–Crippen LogP) is 1.90. The maximum absolute atomic E-state index is 12.8. The molecule has 5 nitrogen and oxygen atoms in total. The van der Waals surface area contributed by atoms with Crippen molar-refractivity contribution >= 4 is 5.91 Å². The molecule has 2 aliphatic heterocycles. The number of fused-ring (bicyclic) bond motifs is 1. The Kier molecular flexibility index (Phi) is 4.55. The first-order valence-corrected chi connectivity index (χ1v) is 9.26. The van der Waals surface area contributed by atoms with E-state index in [0.717, 1.165) is 56.9 Å². The fourth-order valence-electron chi connectivity index (χ4n) is 4.24. The lowest BCUT2D eigenvalue weighted by Gasteiger charge is -2.40. The second kappa shape index (κ2) is 6.81. The summed E-state index contributed by atoms with van der Waals surface area (Å²) in [7, 11) is 0. The molecule has 3 atom stereocenters. The fraction of sp³-hybridized carbons (Fsp3) is 0.684. The van der Waals surface area contributed by atoms with Gasteiger partial charge < -0.3 is 10.1 Å². The van der Waals surface area contributed by atoms with Crippen LogP contribution in [0.4, 0.5) is 0 Å². The topological polar surface area (TPSA) is 54.5 Å². The van der Waals surface area contributed by atoms with Crippen molar-refractivity contribution in [2.75, 3.05) is 19.7 Å². The number of piperidine rings is 1. The second-order valence-electron chi connectivity index (χ2n) is 7.57. The Morgan fingerprint density at radius 1 is 1.33 bits per heavy atom. The van der Waals surface area contributed by atoms with Crippen LogP contribution < -0.4 is 5.32 Å². The summed E-state index contributed by atoms with van der Waals surface area (Å²) in [5, 5.41) is 3.26. The SMILES string of the molecule is Cc1cccc(CN2C[C@H]3OCC[C@H]3[C@H](C(=O)NC3CCC3)C2)n1. The van der Waals surface area contributed by atoms with Crippen LogP contribution in [-0.2, 0) is 16.1 Å². The molecule has 5 heteroatoms. The zero-order valence-corrected chi connectivity index (χ0v) is 14.4. The normalized spacial score (nSPS) is 30.6. The summed E-state index contributed by atoms with van der Waals surface area (Å²) in [5.74, 6) is 0.672. The molecule has 1 amide bonds. The van der Waals surface area contributed by atoms with Crippen LogP contribution in [0.3, 0.4) is 0 Å². The summed E-state index contributed by atoms with van der Waals surface area (Å²) in [6, 6.07) is 6.55. The van der Waals surface area contributed by atoms with E-state index in [1.807, 2.05) is 13.0 Å². The van der Waals surface area contributed by atoms with Crippen LogP contribution in [-0.4, -0.2) is 47.6 Å². The van der Waals surface area contributed by atoms with Gasteiger partial charge in [0.15, 0.2) is 0 Å². The van der Waals surface area contributed by atoms with E-state index in [4.69, 9.17) is 4.74 Å². The molecule has 3 aliphatic rings. The highest BCUT2D eigenvalue weighted by Crippen LogP contribution is 2.34. The van der Waals surface area contributed by atoms with Crippen molar-refractivity contribution in [3.8, 4) is 0 Å². The summed E-state index contributed by atoms with van der Waals surface area (Å²) in [5.41, 5.74) is 2.11. The van der Waals surface area contributed by atoms with Gasteiger partial charge in [-0.15, -0.1) is 0 Å².